The van der Waals surface area contributed by atoms with Crippen LogP contribution >= 0.6 is 0 Å². The Morgan fingerprint density at radius 1 is 1.22 bits per heavy atom. The molecule has 18 heavy (non-hydrogen) atoms. The lowest BCUT2D eigenvalue weighted by atomic mass is 10.4. The summed E-state index contributed by atoms with van der Waals surface area (Å²) in [4.78, 5) is 23.4. The topological polar surface area (TPSA) is 57.5 Å². The van der Waals surface area contributed by atoms with Crippen LogP contribution in [0.5, 0.6) is 0 Å². The summed E-state index contributed by atoms with van der Waals surface area (Å²) in [6, 6.07) is 3.31. The molecule has 0 aliphatic carbocycles. The van der Waals surface area contributed by atoms with Gasteiger partial charge in [0.1, 0.15) is 11.4 Å². The van der Waals surface area contributed by atoms with Gasteiger partial charge >= 0.3 is 11.9 Å². The van der Waals surface area contributed by atoms with Crippen molar-refractivity contribution < 1.29 is 19.1 Å². The van der Waals surface area contributed by atoms with Crippen LogP contribution in [0, 0.1) is 6.92 Å². The van der Waals surface area contributed by atoms with Crippen LogP contribution in [-0.2, 0) is 14.3 Å². The highest BCUT2D eigenvalue weighted by molar-refractivity contribution is 6.10. The number of aromatic nitrogens is 1. The molecule has 0 radical (unpaired) electrons. The van der Waals surface area contributed by atoms with Gasteiger partial charge < -0.3 is 14.0 Å². The zero-order valence-corrected chi connectivity index (χ0v) is 10.9. The number of nitrogens with zero attached hydrogens (tertiary/aromatic N) is 1. The fourth-order valence-corrected chi connectivity index (χ4v) is 1.57. The maximum atomic E-state index is 11.7. The Labute approximate surface area is 106 Å². The van der Waals surface area contributed by atoms with Crippen molar-refractivity contribution in [3.05, 3.63) is 30.1 Å². The highest BCUT2D eigenvalue weighted by atomic mass is 16.5. The molecule has 0 aliphatic heterocycles. The molecule has 0 bridgehead atoms. The molecule has 0 unspecified atom stereocenters. The molecule has 1 rings (SSSR count). The molecule has 0 N–H and O–H groups in total. The minimum absolute atomic E-state index is 0.0994. The van der Waals surface area contributed by atoms with Crippen molar-refractivity contribution in [2.75, 3.05) is 13.2 Å². The molecule has 0 aliphatic rings. The first-order chi connectivity index (χ1) is 8.52. The van der Waals surface area contributed by atoms with Crippen LogP contribution in [0.15, 0.2) is 18.7 Å². The molecule has 1 aromatic heterocycles. The van der Waals surface area contributed by atoms with Crippen molar-refractivity contribution in [3.8, 4) is 0 Å². The molecule has 5 heteroatoms. The zero-order valence-electron chi connectivity index (χ0n) is 10.9. The summed E-state index contributed by atoms with van der Waals surface area (Å²) in [6.07, 6.45) is 0. The molecule has 98 valence electrons. The molecular formula is C13H17NO4. The van der Waals surface area contributed by atoms with Gasteiger partial charge in [-0.1, -0.05) is 6.58 Å². The number of hydrogen-bond acceptors (Lipinski definition) is 4. The van der Waals surface area contributed by atoms with Crippen LogP contribution in [0.1, 0.15) is 30.0 Å². The number of aryl methyl sites for hydroxylation is 1. The van der Waals surface area contributed by atoms with E-state index < -0.39 is 11.9 Å². The van der Waals surface area contributed by atoms with E-state index in [4.69, 9.17) is 9.47 Å². The molecule has 1 heterocycles. The van der Waals surface area contributed by atoms with E-state index >= 15 is 0 Å². The van der Waals surface area contributed by atoms with E-state index in [1.807, 2.05) is 0 Å². The fraction of sp³-hybridized carbons (Fsp3) is 0.385. The van der Waals surface area contributed by atoms with Gasteiger partial charge in [0.25, 0.3) is 0 Å². The Morgan fingerprint density at radius 2 is 1.83 bits per heavy atom. The summed E-state index contributed by atoms with van der Waals surface area (Å²) >= 11 is 0. The first-order valence-corrected chi connectivity index (χ1v) is 5.74. The van der Waals surface area contributed by atoms with Gasteiger partial charge in [0.15, 0.2) is 0 Å². The molecule has 0 saturated carbocycles. The molecule has 0 spiro atoms. The maximum Gasteiger partial charge on any atom is 0.355 e. The smallest absolute Gasteiger partial charge is 0.355 e. The van der Waals surface area contributed by atoms with E-state index in [1.54, 1.807) is 32.9 Å². The summed E-state index contributed by atoms with van der Waals surface area (Å²) in [6.45, 7) is 9.39. The van der Waals surface area contributed by atoms with Crippen molar-refractivity contribution in [1.82, 2.24) is 4.57 Å². The third-order valence-electron chi connectivity index (χ3n) is 2.34. The molecular weight excluding hydrogens is 234 g/mol. The molecule has 0 atom stereocenters. The third kappa shape index (κ3) is 2.80. The second-order valence-corrected chi connectivity index (χ2v) is 3.58. The maximum absolute atomic E-state index is 11.7. The predicted molar refractivity (Wildman–Crippen MR) is 67.1 cm³/mol. The normalized spacial score (nSPS) is 9.94. The number of esters is 2. The Balaban J connectivity index is 3.08. The molecule has 0 amide bonds. The van der Waals surface area contributed by atoms with Gasteiger partial charge in [0, 0.05) is 5.69 Å². The second kappa shape index (κ2) is 6.05. The van der Waals surface area contributed by atoms with Crippen molar-refractivity contribution in [3.63, 3.8) is 0 Å². The molecule has 0 fully saturated rings. The van der Waals surface area contributed by atoms with E-state index in [0.717, 1.165) is 5.69 Å². The van der Waals surface area contributed by atoms with E-state index in [1.165, 1.54) is 4.57 Å². The van der Waals surface area contributed by atoms with E-state index in [2.05, 4.69) is 6.58 Å². The van der Waals surface area contributed by atoms with Crippen LogP contribution in [0.4, 0.5) is 0 Å². The quantitative estimate of drug-likeness (QED) is 0.593. The summed E-state index contributed by atoms with van der Waals surface area (Å²) in [7, 11) is 0. The number of ether oxygens (including phenoxy) is 2. The molecule has 1 aromatic rings. The van der Waals surface area contributed by atoms with Gasteiger partial charge in [-0.2, -0.15) is 0 Å². The highest BCUT2D eigenvalue weighted by Gasteiger charge is 2.20. The van der Waals surface area contributed by atoms with Crippen molar-refractivity contribution >= 4 is 17.6 Å². The SMILES string of the molecule is C=C(C(=O)OCC)n1c(C)ccc1C(=O)OCC. The van der Waals surface area contributed by atoms with Gasteiger partial charge in [-0.15, -0.1) is 0 Å². The average Bonchev–Trinajstić information content (AvgIpc) is 2.71. The Kier molecular flexibility index (Phi) is 4.71. The minimum Gasteiger partial charge on any atom is -0.461 e. The van der Waals surface area contributed by atoms with Gasteiger partial charge in [-0.25, -0.2) is 9.59 Å². The summed E-state index contributed by atoms with van der Waals surface area (Å²) < 4.78 is 11.2. The number of carbonyl (C=O) groups excluding carboxylic acids is 2. The summed E-state index contributed by atoms with van der Waals surface area (Å²) in [5.74, 6) is -1.04. The van der Waals surface area contributed by atoms with Gasteiger partial charge in [-0.3, -0.25) is 0 Å². The Bertz CT molecular complexity index is 473. The summed E-state index contributed by atoms with van der Waals surface area (Å²) in [5.41, 5.74) is 1.09. The second-order valence-electron chi connectivity index (χ2n) is 3.58. The Morgan fingerprint density at radius 3 is 2.39 bits per heavy atom. The van der Waals surface area contributed by atoms with Crippen molar-refractivity contribution in [1.29, 1.82) is 0 Å². The standard InChI is InChI=1S/C13H17NO4/c1-5-17-12(15)10(4)14-9(3)7-8-11(14)13(16)18-6-2/h7-8H,4-6H2,1-3H3. The van der Waals surface area contributed by atoms with Gasteiger partial charge in [0.05, 0.1) is 13.2 Å². The number of carbonyl (C=O) groups is 2. The average molecular weight is 251 g/mol. The van der Waals surface area contributed by atoms with E-state index in [-0.39, 0.29) is 24.6 Å². The van der Waals surface area contributed by atoms with Crippen molar-refractivity contribution in [2.45, 2.75) is 20.8 Å². The highest BCUT2D eigenvalue weighted by Crippen LogP contribution is 2.16. The van der Waals surface area contributed by atoms with E-state index in [0.29, 0.717) is 0 Å². The van der Waals surface area contributed by atoms with Crippen molar-refractivity contribution in [2.24, 2.45) is 0 Å². The van der Waals surface area contributed by atoms with Crippen LogP contribution < -0.4 is 0 Å². The molecule has 0 saturated heterocycles. The fourth-order valence-electron chi connectivity index (χ4n) is 1.57. The van der Waals surface area contributed by atoms with Crippen LogP contribution in [0.25, 0.3) is 5.70 Å². The predicted octanol–water partition coefficient (Wildman–Crippen LogP) is 2.01. The minimum atomic E-state index is -0.553. The Hall–Kier alpha value is -2.04. The monoisotopic (exact) mass is 251 g/mol. The molecule has 0 aromatic carbocycles. The largest absolute Gasteiger partial charge is 0.461 e. The van der Waals surface area contributed by atoms with Gasteiger partial charge in [0.2, 0.25) is 0 Å². The lowest BCUT2D eigenvalue weighted by molar-refractivity contribution is -0.136. The lowest BCUT2D eigenvalue weighted by Gasteiger charge is -2.12. The number of hydrogen-bond donors (Lipinski definition) is 0. The summed E-state index contributed by atoms with van der Waals surface area (Å²) in [5, 5.41) is 0. The van der Waals surface area contributed by atoms with Crippen LogP contribution in [0.2, 0.25) is 0 Å². The third-order valence-corrected chi connectivity index (χ3v) is 2.34. The first-order valence-electron chi connectivity index (χ1n) is 5.74. The lowest BCUT2D eigenvalue weighted by Crippen LogP contribution is -2.18. The zero-order chi connectivity index (χ0) is 13.7. The van der Waals surface area contributed by atoms with Crippen LogP contribution in [-0.4, -0.2) is 29.7 Å². The van der Waals surface area contributed by atoms with Gasteiger partial charge in [-0.05, 0) is 32.9 Å². The van der Waals surface area contributed by atoms with E-state index in [9.17, 15) is 9.59 Å². The molecule has 5 nitrogen and oxygen atoms in total. The first kappa shape index (κ1) is 14.0. The number of rotatable bonds is 5. The van der Waals surface area contributed by atoms with Crippen LogP contribution in [0.3, 0.4) is 0 Å².